The van der Waals surface area contributed by atoms with Crippen LogP contribution >= 0.6 is 0 Å². The second-order valence-corrected chi connectivity index (χ2v) is 7.04. The van der Waals surface area contributed by atoms with E-state index in [-0.39, 0.29) is 5.91 Å². The molecule has 0 unspecified atom stereocenters. The highest BCUT2D eigenvalue weighted by molar-refractivity contribution is 5.77. The summed E-state index contributed by atoms with van der Waals surface area (Å²) in [4.78, 5) is 25.6. The molecule has 4 rings (SSSR count). The van der Waals surface area contributed by atoms with Gasteiger partial charge in [0.15, 0.2) is 0 Å². The van der Waals surface area contributed by atoms with Crippen LogP contribution in [0.1, 0.15) is 18.4 Å². The first-order chi connectivity index (χ1) is 13.3. The molecule has 140 valence electrons. The fourth-order valence-corrected chi connectivity index (χ4v) is 3.69. The third kappa shape index (κ3) is 4.34. The predicted molar refractivity (Wildman–Crippen MR) is 105 cm³/mol. The van der Waals surface area contributed by atoms with Crippen LogP contribution in [0.25, 0.3) is 11.0 Å². The lowest BCUT2D eigenvalue weighted by Gasteiger charge is -2.22. The lowest BCUT2D eigenvalue weighted by Crippen LogP contribution is -2.35. The van der Waals surface area contributed by atoms with Gasteiger partial charge >= 0.3 is 0 Å². The topological polar surface area (TPSA) is 54.3 Å². The summed E-state index contributed by atoms with van der Waals surface area (Å²) in [5, 5.41) is 0. The molecule has 0 aliphatic carbocycles. The van der Waals surface area contributed by atoms with Crippen LogP contribution in [0.2, 0.25) is 0 Å². The quantitative estimate of drug-likeness (QED) is 0.699. The Balaban J connectivity index is 1.30. The Bertz CT molecular complexity index is 892. The summed E-state index contributed by atoms with van der Waals surface area (Å²) in [6.07, 6.45) is 7.04. The fraction of sp³-hybridized carbons (Fsp3) is 0.381. The smallest absolute Gasteiger partial charge is 0.224 e. The van der Waals surface area contributed by atoms with Crippen LogP contribution in [-0.4, -0.2) is 56.4 Å². The number of nitrogens with zero attached hydrogens (tertiary/aromatic N) is 5. The van der Waals surface area contributed by atoms with E-state index in [2.05, 4.69) is 37.6 Å². The average Bonchev–Trinajstić information content (AvgIpc) is 2.97. The molecule has 1 fully saturated rings. The number of pyridine rings is 1. The number of carbonyl (C=O) groups is 1. The number of rotatable bonds is 5. The third-order valence-corrected chi connectivity index (χ3v) is 5.19. The summed E-state index contributed by atoms with van der Waals surface area (Å²) in [5.74, 6) is 0.235. The number of carbonyl (C=O) groups excluding carboxylic acids is 1. The Morgan fingerprint density at radius 1 is 1.00 bits per heavy atom. The Kier molecular flexibility index (Phi) is 5.44. The maximum atomic E-state index is 12.7. The molecule has 0 radical (unpaired) electrons. The summed E-state index contributed by atoms with van der Waals surface area (Å²) in [6, 6.07) is 12.2. The maximum absolute atomic E-state index is 12.7. The van der Waals surface area contributed by atoms with Crippen molar-refractivity contribution < 1.29 is 4.79 Å². The highest BCUT2D eigenvalue weighted by atomic mass is 16.2. The zero-order valence-electron chi connectivity index (χ0n) is 15.5. The summed E-state index contributed by atoms with van der Waals surface area (Å²) in [5.41, 5.74) is 3.34. The number of benzene rings is 1. The highest BCUT2D eigenvalue weighted by Crippen LogP contribution is 2.13. The molecule has 2 aromatic heterocycles. The van der Waals surface area contributed by atoms with Crippen molar-refractivity contribution in [2.75, 3.05) is 26.2 Å². The Morgan fingerprint density at radius 3 is 2.74 bits per heavy atom. The van der Waals surface area contributed by atoms with Crippen LogP contribution < -0.4 is 0 Å². The molecule has 0 N–H and O–H groups in total. The van der Waals surface area contributed by atoms with E-state index < -0.39 is 0 Å². The van der Waals surface area contributed by atoms with Gasteiger partial charge in [0.2, 0.25) is 5.91 Å². The van der Waals surface area contributed by atoms with Gasteiger partial charge in [-0.3, -0.25) is 14.7 Å². The normalized spacial score (nSPS) is 15.8. The minimum atomic E-state index is 0.235. The highest BCUT2D eigenvalue weighted by Gasteiger charge is 2.19. The number of fused-ring (bicyclic) bond motifs is 1. The van der Waals surface area contributed by atoms with Crippen LogP contribution in [0, 0.1) is 0 Å². The minimum absolute atomic E-state index is 0.235. The molecular weight excluding hydrogens is 338 g/mol. The molecule has 0 bridgehead atoms. The Hall–Kier alpha value is -2.73. The number of imidazole rings is 1. The summed E-state index contributed by atoms with van der Waals surface area (Å²) in [7, 11) is 0. The Labute approximate surface area is 159 Å². The predicted octanol–water partition coefficient (Wildman–Crippen LogP) is 2.56. The summed E-state index contributed by atoms with van der Waals surface area (Å²) >= 11 is 0. The molecule has 1 saturated heterocycles. The van der Waals surface area contributed by atoms with Crippen LogP contribution in [0.3, 0.4) is 0 Å². The van der Waals surface area contributed by atoms with Gasteiger partial charge in [-0.25, -0.2) is 4.98 Å². The zero-order valence-corrected chi connectivity index (χ0v) is 15.5. The molecule has 3 aromatic rings. The second kappa shape index (κ2) is 8.31. The number of aromatic nitrogens is 3. The number of amides is 1. The molecule has 0 saturated carbocycles. The van der Waals surface area contributed by atoms with Gasteiger partial charge in [-0.1, -0.05) is 12.1 Å². The largest absolute Gasteiger partial charge is 0.341 e. The second-order valence-electron chi connectivity index (χ2n) is 7.04. The number of para-hydroxylation sites is 2. The van der Waals surface area contributed by atoms with Crippen molar-refractivity contribution in [1.29, 1.82) is 0 Å². The molecule has 1 aliphatic rings. The first-order valence-electron chi connectivity index (χ1n) is 9.58. The van der Waals surface area contributed by atoms with Gasteiger partial charge in [0.05, 0.1) is 17.4 Å². The SMILES string of the molecule is O=C(CCn1cnc2ccccc21)N1CCCN(Cc2ccncc2)CC1. The maximum Gasteiger partial charge on any atom is 0.224 e. The van der Waals surface area contributed by atoms with Crippen molar-refractivity contribution in [1.82, 2.24) is 24.3 Å². The van der Waals surface area contributed by atoms with Crippen molar-refractivity contribution in [3.8, 4) is 0 Å². The van der Waals surface area contributed by atoms with Gasteiger partial charge in [0.1, 0.15) is 0 Å². The van der Waals surface area contributed by atoms with Gasteiger partial charge in [-0.15, -0.1) is 0 Å². The van der Waals surface area contributed by atoms with Gasteiger partial charge < -0.3 is 9.47 Å². The van der Waals surface area contributed by atoms with E-state index in [0.717, 1.165) is 50.2 Å². The van der Waals surface area contributed by atoms with E-state index in [1.807, 2.05) is 41.8 Å². The third-order valence-electron chi connectivity index (χ3n) is 5.19. The molecule has 1 aliphatic heterocycles. The molecule has 0 spiro atoms. The molecule has 3 heterocycles. The Morgan fingerprint density at radius 2 is 1.85 bits per heavy atom. The number of aryl methyl sites for hydroxylation is 1. The molecular formula is C21H25N5O. The van der Waals surface area contributed by atoms with Crippen molar-refractivity contribution in [3.63, 3.8) is 0 Å². The lowest BCUT2D eigenvalue weighted by atomic mass is 10.2. The molecule has 1 amide bonds. The van der Waals surface area contributed by atoms with Crippen LogP contribution in [0.5, 0.6) is 0 Å². The zero-order chi connectivity index (χ0) is 18.5. The fourth-order valence-electron chi connectivity index (χ4n) is 3.69. The number of hydrogen-bond donors (Lipinski definition) is 0. The molecule has 0 atom stereocenters. The summed E-state index contributed by atoms with van der Waals surface area (Å²) in [6.45, 7) is 5.19. The lowest BCUT2D eigenvalue weighted by molar-refractivity contribution is -0.131. The van der Waals surface area contributed by atoms with Crippen LogP contribution in [0.15, 0.2) is 55.1 Å². The molecule has 27 heavy (non-hydrogen) atoms. The van der Waals surface area contributed by atoms with Crippen molar-refractivity contribution in [2.24, 2.45) is 0 Å². The van der Waals surface area contributed by atoms with E-state index in [0.29, 0.717) is 13.0 Å². The molecule has 1 aromatic carbocycles. The van der Waals surface area contributed by atoms with E-state index in [4.69, 9.17) is 0 Å². The average molecular weight is 363 g/mol. The minimum Gasteiger partial charge on any atom is -0.341 e. The molecule has 6 heteroatoms. The van der Waals surface area contributed by atoms with E-state index >= 15 is 0 Å². The number of hydrogen-bond acceptors (Lipinski definition) is 4. The van der Waals surface area contributed by atoms with Gasteiger partial charge in [-0.2, -0.15) is 0 Å². The van der Waals surface area contributed by atoms with Crippen LogP contribution in [0.4, 0.5) is 0 Å². The monoisotopic (exact) mass is 363 g/mol. The standard InChI is InChI=1S/C21H25N5O/c27-21(8-13-26-17-23-19-4-1-2-5-20(19)26)25-12-3-11-24(14-15-25)16-18-6-9-22-10-7-18/h1-2,4-7,9-10,17H,3,8,11-16H2. The summed E-state index contributed by atoms with van der Waals surface area (Å²) < 4.78 is 2.07. The first kappa shape index (κ1) is 17.7. The first-order valence-corrected chi connectivity index (χ1v) is 9.58. The van der Waals surface area contributed by atoms with Gasteiger partial charge in [-0.05, 0) is 36.2 Å². The van der Waals surface area contributed by atoms with Crippen molar-refractivity contribution in [3.05, 3.63) is 60.7 Å². The van der Waals surface area contributed by atoms with Crippen molar-refractivity contribution in [2.45, 2.75) is 25.9 Å². The van der Waals surface area contributed by atoms with Gasteiger partial charge in [0.25, 0.3) is 0 Å². The van der Waals surface area contributed by atoms with Crippen LogP contribution in [-0.2, 0) is 17.9 Å². The van der Waals surface area contributed by atoms with Gasteiger partial charge in [0, 0.05) is 58.1 Å². The van der Waals surface area contributed by atoms with E-state index in [1.54, 1.807) is 0 Å². The molecule has 6 nitrogen and oxygen atoms in total. The van der Waals surface area contributed by atoms with E-state index in [9.17, 15) is 4.79 Å². The van der Waals surface area contributed by atoms with Crippen molar-refractivity contribution >= 4 is 16.9 Å². The van der Waals surface area contributed by atoms with E-state index in [1.165, 1.54) is 5.56 Å².